The Morgan fingerprint density at radius 2 is 1.79 bits per heavy atom. The van der Waals surface area contributed by atoms with E-state index in [2.05, 4.69) is 5.32 Å². The SMILES string of the molecule is O=C(/C=C/c1cccc([N+](=O)[O-])c1)Nc1ccc(S(=O)(=O)N2CCCc3ccccc32)cc1. The number of fused-ring (bicyclic) bond motifs is 1. The Morgan fingerprint density at radius 3 is 2.55 bits per heavy atom. The van der Waals surface area contributed by atoms with E-state index in [0.29, 0.717) is 23.5 Å². The van der Waals surface area contributed by atoms with E-state index in [1.807, 2.05) is 24.3 Å². The number of carbonyl (C=O) groups is 1. The molecule has 1 amide bonds. The van der Waals surface area contributed by atoms with Crippen molar-refractivity contribution in [3.63, 3.8) is 0 Å². The summed E-state index contributed by atoms with van der Waals surface area (Å²) in [6, 6.07) is 19.4. The highest BCUT2D eigenvalue weighted by Gasteiger charge is 2.28. The van der Waals surface area contributed by atoms with Crippen molar-refractivity contribution in [1.29, 1.82) is 0 Å². The third-order valence-electron chi connectivity index (χ3n) is 5.29. The molecule has 0 spiro atoms. The number of para-hydroxylation sites is 1. The van der Waals surface area contributed by atoms with Gasteiger partial charge in [-0.1, -0.05) is 30.3 Å². The van der Waals surface area contributed by atoms with Gasteiger partial charge in [0.25, 0.3) is 15.7 Å². The van der Waals surface area contributed by atoms with Gasteiger partial charge < -0.3 is 5.32 Å². The number of anilines is 2. The molecule has 0 fully saturated rings. The molecule has 0 atom stereocenters. The molecular formula is C24H21N3O5S. The van der Waals surface area contributed by atoms with Crippen LogP contribution in [0.3, 0.4) is 0 Å². The lowest BCUT2D eigenvalue weighted by Gasteiger charge is -2.30. The number of carbonyl (C=O) groups excluding carboxylic acids is 1. The number of sulfonamides is 1. The summed E-state index contributed by atoms with van der Waals surface area (Å²) in [4.78, 5) is 22.7. The third kappa shape index (κ3) is 4.93. The van der Waals surface area contributed by atoms with Gasteiger partial charge in [-0.3, -0.25) is 19.2 Å². The molecule has 3 aromatic carbocycles. The average Bonchev–Trinajstić information content (AvgIpc) is 2.83. The number of amides is 1. The third-order valence-corrected chi connectivity index (χ3v) is 7.11. The zero-order valence-corrected chi connectivity index (χ0v) is 18.4. The summed E-state index contributed by atoms with van der Waals surface area (Å²) in [6.07, 6.45) is 4.32. The van der Waals surface area contributed by atoms with Crippen molar-refractivity contribution >= 4 is 39.1 Å². The second-order valence-electron chi connectivity index (χ2n) is 7.51. The number of nitrogens with one attached hydrogen (secondary N) is 1. The van der Waals surface area contributed by atoms with Crippen LogP contribution in [0.4, 0.5) is 17.1 Å². The van der Waals surface area contributed by atoms with Gasteiger partial charge in [-0.25, -0.2) is 8.42 Å². The zero-order chi connectivity index (χ0) is 23.4. The molecule has 0 aliphatic carbocycles. The number of nitro groups is 1. The highest BCUT2D eigenvalue weighted by Crippen LogP contribution is 2.32. The van der Waals surface area contributed by atoms with Gasteiger partial charge in [0.15, 0.2) is 0 Å². The molecule has 0 aromatic heterocycles. The molecule has 0 saturated carbocycles. The van der Waals surface area contributed by atoms with Crippen molar-refractivity contribution in [2.24, 2.45) is 0 Å². The van der Waals surface area contributed by atoms with Gasteiger partial charge in [0.1, 0.15) is 0 Å². The minimum Gasteiger partial charge on any atom is -0.323 e. The lowest BCUT2D eigenvalue weighted by Crippen LogP contribution is -2.35. The van der Waals surface area contributed by atoms with E-state index in [4.69, 9.17) is 0 Å². The Morgan fingerprint density at radius 1 is 1.03 bits per heavy atom. The van der Waals surface area contributed by atoms with Crippen molar-refractivity contribution in [3.05, 3.63) is 100 Å². The first-order chi connectivity index (χ1) is 15.8. The van der Waals surface area contributed by atoms with Crippen LogP contribution in [0.15, 0.2) is 83.8 Å². The van der Waals surface area contributed by atoms with Gasteiger partial charge in [-0.15, -0.1) is 0 Å². The molecule has 0 unspecified atom stereocenters. The summed E-state index contributed by atoms with van der Waals surface area (Å²) in [7, 11) is -3.73. The van der Waals surface area contributed by atoms with Crippen molar-refractivity contribution in [2.75, 3.05) is 16.2 Å². The number of rotatable bonds is 6. The van der Waals surface area contributed by atoms with Gasteiger partial charge >= 0.3 is 0 Å². The van der Waals surface area contributed by atoms with Crippen LogP contribution in [0.25, 0.3) is 6.08 Å². The Hall–Kier alpha value is -3.98. The van der Waals surface area contributed by atoms with Gasteiger partial charge in [-0.05, 0) is 60.4 Å². The number of nitrogens with zero attached hydrogens (tertiary/aromatic N) is 2. The predicted octanol–water partition coefficient (Wildman–Crippen LogP) is 4.39. The van der Waals surface area contributed by atoms with Crippen molar-refractivity contribution < 1.29 is 18.1 Å². The van der Waals surface area contributed by atoms with E-state index >= 15 is 0 Å². The van der Waals surface area contributed by atoms with Gasteiger partial charge in [0.05, 0.1) is 15.5 Å². The van der Waals surface area contributed by atoms with E-state index < -0.39 is 20.9 Å². The second-order valence-corrected chi connectivity index (χ2v) is 9.37. The van der Waals surface area contributed by atoms with Crippen molar-refractivity contribution in [3.8, 4) is 0 Å². The molecule has 1 aliphatic heterocycles. The van der Waals surface area contributed by atoms with Crippen LogP contribution >= 0.6 is 0 Å². The van der Waals surface area contributed by atoms with Crippen LogP contribution in [0.1, 0.15) is 17.5 Å². The monoisotopic (exact) mass is 463 g/mol. The molecule has 33 heavy (non-hydrogen) atoms. The number of nitro benzene ring substituents is 1. The van der Waals surface area contributed by atoms with E-state index in [1.165, 1.54) is 58.9 Å². The summed E-state index contributed by atoms with van der Waals surface area (Å²) < 4.78 is 27.8. The van der Waals surface area contributed by atoms with Crippen LogP contribution in [0.2, 0.25) is 0 Å². The van der Waals surface area contributed by atoms with E-state index in [-0.39, 0.29) is 10.6 Å². The first-order valence-corrected chi connectivity index (χ1v) is 11.7. The fourth-order valence-corrected chi connectivity index (χ4v) is 5.23. The first kappa shape index (κ1) is 22.2. The van der Waals surface area contributed by atoms with Gasteiger partial charge in [-0.2, -0.15) is 0 Å². The van der Waals surface area contributed by atoms with E-state index in [9.17, 15) is 23.3 Å². The van der Waals surface area contributed by atoms with Gasteiger partial charge in [0, 0.05) is 30.4 Å². The topological polar surface area (TPSA) is 110 Å². The van der Waals surface area contributed by atoms with Crippen LogP contribution < -0.4 is 9.62 Å². The van der Waals surface area contributed by atoms with Crippen molar-refractivity contribution in [1.82, 2.24) is 0 Å². The number of non-ortho nitro benzene ring substituents is 1. The highest BCUT2D eigenvalue weighted by atomic mass is 32.2. The van der Waals surface area contributed by atoms with Gasteiger partial charge in [0.2, 0.25) is 5.91 Å². The molecule has 9 heteroatoms. The molecule has 0 radical (unpaired) electrons. The standard InChI is InChI=1S/C24H21N3O5S/c28-24(15-10-18-5-3-8-21(17-18)27(29)30)25-20-11-13-22(14-12-20)33(31,32)26-16-4-7-19-6-1-2-9-23(19)26/h1-3,5-6,8-15,17H,4,7,16H2,(H,25,28)/b15-10+. The largest absolute Gasteiger partial charge is 0.323 e. The molecule has 3 aromatic rings. The number of benzene rings is 3. The molecule has 0 saturated heterocycles. The molecule has 168 valence electrons. The molecule has 1 heterocycles. The summed E-state index contributed by atoms with van der Waals surface area (Å²) in [5, 5.41) is 13.5. The number of hydrogen-bond acceptors (Lipinski definition) is 5. The summed E-state index contributed by atoms with van der Waals surface area (Å²) in [5.41, 5.74) is 2.59. The summed E-state index contributed by atoms with van der Waals surface area (Å²) >= 11 is 0. The minimum absolute atomic E-state index is 0.0642. The molecular weight excluding hydrogens is 442 g/mol. The average molecular weight is 464 g/mol. The Balaban J connectivity index is 1.46. The number of hydrogen-bond donors (Lipinski definition) is 1. The minimum atomic E-state index is -3.73. The lowest BCUT2D eigenvalue weighted by atomic mass is 10.0. The van der Waals surface area contributed by atoms with Crippen LogP contribution in [0.5, 0.6) is 0 Å². The Bertz CT molecular complexity index is 1330. The second kappa shape index (κ2) is 9.25. The quantitative estimate of drug-likeness (QED) is 0.331. The molecule has 1 N–H and O–H groups in total. The van der Waals surface area contributed by atoms with Crippen LogP contribution in [0, 0.1) is 10.1 Å². The number of aryl methyl sites for hydroxylation is 1. The summed E-state index contributed by atoms with van der Waals surface area (Å²) in [5.74, 6) is -0.443. The van der Waals surface area contributed by atoms with Crippen LogP contribution in [-0.2, 0) is 21.2 Å². The Kier molecular flexibility index (Phi) is 6.23. The maximum atomic E-state index is 13.2. The molecule has 4 rings (SSSR count). The summed E-state index contributed by atoms with van der Waals surface area (Å²) in [6.45, 7) is 0.417. The molecule has 1 aliphatic rings. The molecule has 0 bridgehead atoms. The lowest BCUT2D eigenvalue weighted by molar-refractivity contribution is -0.384. The normalized spacial score (nSPS) is 13.5. The zero-order valence-electron chi connectivity index (χ0n) is 17.5. The Labute approximate surface area is 191 Å². The van der Waals surface area contributed by atoms with Crippen molar-refractivity contribution in [2.45, 2.75) is 17.7 Å². The van der Waals surface area contributed by atoms with E-state index in [1.54, 1.807) is 6.07 Å². The maximum absolute atomic E-state index is 13.2. The van der Waals surface area contributed by atoms with E-state index in [0.717, 1.165) is 18.4 Å². The maximum Gasteiger partial charge on any atom is 0.270 e. The molecule has 8 nitrogen and oxygen atoms in total. The highest BCUT2D eigenvalue weighted by molar-refractivity contribution is 7.92. The fraction of sp³-hybridized carbons (Fsp3) is 0.125. The van der Waals surface area contributed by atoms with Crippen LogP contribution in [-0.4, -0.2) is 25.8 Å². The fourth-order valence-electron chi connectivity index (χ4n) is 3.68. The smallest absolute Gasteiger partial charge is 0.270 e. The predicted molar refractivity (Wildman–Crippen MR) is 126 cm³/mol. The first-order valence-electron chi connectivity index (χ1n) is 10.3.